The van der Waals surface area contributed by atoms with E-state index in [9.17, 15) is 0 Å². The van der Waals surface area contributed by atoms with E-state index in [1.807, 2.05) is 26.0 Å². The lowest BCUT2D eigenvalue weighted by molar-refractivity contribution is 0.553. The number of aryl methyl sites for hydroxylation is 1. The van der Waals surface area contributed by atoms with E-state index in [0.717, 1.165) is 11.3 Å². The fraction of sp³-hybridized carbons (Fsp3) is 0.250. The average Bonchev–Trinajstić information content (AvgIpc) is 2.34. The Balaban J connectivity index is 3.05. The topological polar surface area (TPSA) is 13.1 Å². The third-order valence-corrected chi connectivity index (χ3v) is 1.72. The number of rotatable bonds is 1. The molecule has 0 amide bonds. The van der Waals surface area contributed by atoms with Crippen molar-refractivity contribution >= 4 is 16.6 Å². The van der Waals surface area contributed by atoms with Crippen LogP contribution in [0.3, 0.4) is 0 Å². The summed E-state index contributed by atoms with van der Waals surface area (Å²) in [5.41, 5.74) is 1.07. The molecule has 0 aromatic carbocycles. The molecule has 0 radical (unpaired) electrons. The van der Waals surface area contributed by atoms with E-state index in [0.29, 0.717) is 5.03 Å². The highest BCUT2D eigenvalue weighted by molar-refractivity contribution is 6.48. The van der Waals surface area contributed by atoms with Crippen LogP contribution in [0, 0.1) is 6.92 Å². The average molecular weight is 157 g/mol. The molecule has 0 fully saturated rings. The SMILES string of the molecule is C/C=C(/Cl)c1occc1C. The quantitative estimate of drug-likeness (QED) is 0.609. The molecular formula is C8H9ClO. The molecule has 0 aliphatic carbocycles. The van der Waals surface area contributed by atoms with Crippen molar-refractivity contribution in [2.45, 2.75) is 13.8 Å². The maximum atomic E-state index is 5.80. The van der Waals surface area contributed by atoms with Crippen LogP contribution in [0.4, 0.5) is 0 Å². The van der Waals surface area contributed by atoms with E-state index >= 15 is 0 Å². The molecule has 0 N–H and O–H groups in total. The van der Waals surface area contributed by atoms with Crippen LogP contribution in [0.2, 0.25) is 0 Å². The van der Waals surface area contributed by atoms with Crippen molar-refractivity contribution in [2.75, 3.05) is 0 Å². The zero-order chi connectivity index (χ0) is 7.56. The van der Waals surface area contributed by atoms with Gasteiger partial charge in [-0.15, -0.1) is 0 Å². The number of allylic oxidation sites excluding steroid dienone is 1. The van der Waals surface area contributed by atoms with E-state index in [2.05, 4.69) is 0 Å². The number of hydrogen-bond donors (Lipinski definition) is 0. The van der Waals surface area contributed by atoms with Crippen LogP contribution >= 0.6 is 11.6 Å². The van der Waals surface area contributed by atoms with Crippen LogP contribution in [0.5, 0.6) is 0 Å². The molecular weight excluding hydrogens is 148 g/mol. The molecule has 10 heavy (non-hydrogen) atoms. The fourth-order valence-electron chi connectivity index (χ4n) is 0.749. The van der Waals surface area contributed by atoms with Crippen molar-refractivity contribution < 1.29 is 4.42 Å². The normalized spacial score (nSPS) is 12.1. The molecule has 0 atom stereocenters. The van der Waals surface area contributed by atoms with Gasteiger partial charge in [0.25, 0.3) is 0 Å². The zero-order valence-electron chi connectivity index (χ0n) is 6.02. The number of halogens is 1. The van der Waals surface area contributed by atoms with Gasteiger partial charge in [0.15, 0.2) is 0 Å². The Morgan fingerprint density at radius 3 is 2.80 bits per heavy atom. The lowest BCUT2D eigenvalue weighted by Crippen LogP contribution is -1.73. The fourth-order valence-corrected chi connectivity index (χ4v) is 0.942. The first-order valence-electron chi connectivity index (χ1n) is 3.12. The van der Waals surface area contributed by atoms with Crippen molar-refractivity contribution in [2.24, 2.45) is 0 Å². The maximum absolute atomic E-state index is 5.80. The summed E-state index contributed by atoms with van der Waals surface area (Å²) in [6.07, 6.45) is 3.45. The predicted molar refractivity (Wildman–Crippen MR) is 42.9 cm³/mol. The van der Waals surface area contributed by atoms with E-state index < -0.39 is 0 Å². The summed E-state index contributed by atoms with van der Waals surface area (Å²) in [6, 6.07) is 1.89. The van der Waals surface area contributed by atoms with E-state index in [1.165, 1.54) is 0 Å². The number of hydrogen-bond acceptors (Lipinski definition) is 1. The Morgan fingerprint density at radius 1 is 1.70 bits per heavy atom. The Hall–Kier alpha value is -0.690. The first-order valence-corrected chi connectivity index (χ1v) is 3.49. The van der Waals surface area contributed by atoms with Gasteiger partial charge in [0.2, 0.25) is 0 Å². The molecule has 2 heteroatoms. The molecule has 54 valence electrons. The molecule has 0 saturated carbocycles. The zero-order valence-corrected chi connectivity index (χ0v) is 6.77. The van der Waals surface area contributed by atoms with E-state index in [4.69, 9.17) is 16.0 Å². The van der Waals surface area contributed by atoms with Crippen molar-refractivity contribution in [3.8, 4) is 0 Å². The van der Waals surface area contributed by atoms with Gasteiger partial charge in [-0.1, -0.05) is 17.7 Å². The van der Waals surface area contributed by atoms with Crippen molar-refractivity contribution in [3.63, 3.8) is 0 Å². The largest absolute Gasteiger partial charge is 0.463 e. The summed E-state index contributed by atoms with van der Waals surface area (Å²) >= 11 is 5.80. The standard InChI is InChI=1S/C8H9ClO/c1-3-7(9)8-6(2)4-5-10-8/h3-5H,1-2H3/b7-3+. The van der Waals surface area contributed by atoms with Crippen LogP contribution < -0.4 is 0 Å². The van der Waals surface area contributed by atoms with Gasteiger partial charge in [0, 0.05) is 0 Å². The molecule has 1 nitrogen and oxygen atoms in total. The highest BCUT2D eigenvalue weighted by Crippen LogP contribution is 2.22. The second-order valence-corrected chi connectivity index (χ2v) is 2.48. The highest BCUT2D eigenvalue weighted by atomic mass is 35.5. The molecule has 1 heterocycles. The maximum Gasteiger partial charge on any atom is 0.147 e. The molecule has 1 aromatic heterocycles. The smallest absolute Gasteiger partial charge is 0.147 e. The minimum absolute atomic E-state index is 0.669. The van der Waals surface area contributed by atoms with Gasteiger partial charge >= 0.3 is 0 Å². The molecule has 0 saturated heterocycles. The highest BCUT2D eigenvalue weighted by Gasteiger charge is 2.03. The third kappa shape index (κ3) is 1.24. The van der Waals surface area contributed by atoms with Crippen LogP contribution in [0.1, 0.15) is 18.2 Å². The van der Waals surface area contributed by atoms with Gasteiger partial charge in [-0.2, -0.15) is 0 Å². The molecule has 0 aliphatic heterocycles. The molecule has 0 aliphatic rings. The molecule has 0 spiro atoms. The first kappa shape index (κ1) is 7.42. The van der Waals surface area contributed by atoms with Crippen LogP contribution in [-0.4, -0.2) is 0 Å². The van der Waals surface area contributed by atoms with Gasteiger partial charge in [-0.3, -0.25) is 0 Å². The molecule has 0 unspecified atom stereocenters. The summed E-state index contributed by atoms with van der Waals surface area (Å²) in [5, 5.41) is 0.669. The lowest BCUT2D eigenvalue weighted by atomic mass is 10.2. The molecule has 1 aromatic rings. The summed E-state index contributed by atoms with van der Waals surface area (Å²) in [4.78, 5) is 0. The Kier molecular flexibility index (Phi) is 2.17. The predicted octanol–water partition coefficient (Wildman–Crippen LogP) is 3.19. The summed E-state index contributed by atoms with van der Waals surface area (Å²) in [7, 11) is 0. The van der Waals surface area contributed by atoms with Gasteiger partial charge in [-0.25, -0.2) is 0 Å². The van der Waals surface area contributed by atoms with Crippen LogP contribution in [0.25, 0.3) is 5.03 Å². The molecule has 0 bridgehead atoms. The van der Waals surface area contributed by atoms with Gasteiger partial charge < -0.3 is 4.42 Å². The van der Waals surface area contributed by atoms with E-state index in [1.54, 1.807) is 6.26 Å². The van der Waals surface area contributed by atoms with Crippen molar-refractivity contribution in [1.29, 1.82) is 0 Å². The van der Waals surface area contributed by atoms with Crippen molar-refractivity contribution in [3.05, 3.63) is 29.7 Å². The van der Waals surface area contributed by atoms with Gasteiger partial charge in [0.1, 0.15) is 5.76 Å². The summed E-state index contributed by atoms with van der Waals surface area (Å²) in [6.45, 7) is 3.84. The summed E-state index contributed by atoms with van der Waals surface area (Å²) in [5.74, 6) is 0.768. The van der Waals surface area contributed by atoms with Crippen LogP contribution in [0.15, 0.2) is 22.8 Å². The Bertz CT molecular complexity index is 248. The monoisotopic (exact) mass is 156 g/mol. The molecule has 1 rings (SSSR count). The lowest BCUT2D eigenvalue weighted by Gasteiger charge is -1.92. The second-order valence-electron chi connectivity index (χ2n) is 2.07. The number of furan rings is 1. The van der Waals surface area contributed by atoms with Gasteiger partial charge in [0.05, 0.1) is 11.3 Å². The van der Waals surface area contributed by atoms with Crippen molar-refractivity contribution in [1.82, 2.24) is 0 Å². The van der Waals surface area contributed by atoms with Gasteiger partial charge in [-0.05, 0) is 25.5 Å². The van der Waals surface area contributed by atoms with Crippen LogP contribution in [-0.2, 0) is 0 Å². The minimum atomic E-state index is 0.669. The summed E-state index contributed by atoms with van der Waals surface area (Å²) < 4.78 is 5.12. The Morgan fingerprint density at radius 2 is 2.40 bits per heavy atom. The third-order valence-electron chi connectivity index (χ3n) is 1.33. The van der Waals surface area contributed by atoms with E-state index in [-0.39, 0.29) is 0 Å². The minimum Gasteiger partial charge on any atom is -0.463 e. The second kappa shape index (κ2) is 2.93. The Labute approximate surface area is 65.3 Å². The first-order chi connectivity index (χ1) is 4.75.